The third-order valence-electron chi connectivity index (χ3n) is 1.76. The minimum atomic E-state index is 0.0521. The Labute approximate surface area is 92.8 Å². The van der Waals surface area contributed by atoms with Crippen LogP contribution in [0.3, 0.4) is 0 Å². The van der Waals surface area contributed by atoms with Crippen LogP contribution in [0, 0.1) is 0 Å². The Kier molecular flexibility index (Phi) is 3.78. The summed E-state index contributed by atoms with van der Waals surface area (Å²) in [5, 5.41) is 0.941. The van der Waals surface area contributed by atoms with Crippen LogP contribution in [-0.2, 0) is 11.2 Å². The molecule has 1 aromatic rings. The van der Waals surface area contributed by atoms with Gasteiger partial charge in [0.05, 0.1) is 12.1 Å². The Morgan fingerprint density at radius 2 is 2.00 bits per heavy atom. The van der Waals surface area contributed by atoms with Crippen molar-refractivity contribution in [3.63, 3.8) is 0 Å². The van der Waals surface area contributed by atoms with Crippen molar-refractivity contribution in [3.8, 4) is 5.75 Å². The maximum Gasteiger partial charge on any atom is 0.137 e. The molecule has 14 heavy (non-hydrogen) atoms. The van der Waals surface area contributed by atoms with Gasteiger partial charge in [-0.25, -0.2) is 0 Å². The molecule has 76 valence electrons. The van der Waals surface area contributed by atoms with E-state index in [1.165, 1.54) is 14.0 Å². The second-order valence-electron chi connectivity index (χ2n) is 2.96. The van der Waals surface area contributed by atoms with E-state index in [-0.39, 0.29) is 5.78 Å². The van der Waals surface area contributed by atoms with Crippen molar-refractivity contribution in [1.29, 1.82) is 0 Å². The highest BCUT2D eigenvalue weighted by atomic mass is 35.5. The van der Waals surface area contributed by atoms with Crippen LogP contribution >= 0.6 is 23.2 Å². The number of hydrogen-bond donors (Lipinski definition) is 0. The maximum absolute atomic E-state index is 10.9. The zero-order chi connectivity index (χ0) is 10.7. The number of hydrogen-bond acceptors (Lipinski definition) is 2. The van der Waals surface area contributed by atoms with Crippen molar-refractivity contribution < 1.29 is 9.53 Å². The largest absolute Gasteiger partial charge is 0.495 e. The van der Waals surface area contributed by atoms with Gasteiger partial charge in [0.2, 0.25) is 0 Å². The van der Waals surface area contributed by atoms with E-state index in [9.17, 15) is 4.79 Å². The lowest BCUT2D eigenvalue weighted by Crippen LogP contribution is -1.98. The van der Waals surface area contributed by atoms with Gasteiger partial charge in [-0.1, -0.05) is 23.2 Å². The fourth-order valence-electron chi connectivity index (χ4n) is 1.13. The summed E-state index contributed by atoms with van der Waals surface area (Å²) < 4.78 is 5.02. The molecule has 0 fully saturated rings. The van der Waals surface area contributed by atoms with Gasteiger partial charge in [0, 0.05) is 11.4 Å². The molecule has 0 N–H and O–H groups in total. The second-order valence-corrected chi connectivity index (χ2v) is 3.77. The Morgan fingerprint density at radius 1 is 1.36 bits per heavy atom. The highest BCUT2D eigenvalue weighted by Crippen LogP contribution is 2.31. The van der Waals surface area contributed by atoms with Gasteiger partial charge in [-0.05, 0) is 24.6 Å². The molecule has 0 saturated heterocycles. The summed E-state index contributed by atoms with van der Waals surface area (Å²) in [5.41, 5.74) is 0.736. The van der Waals surface area contributed by atoms with Crippen molar-refractivity contribution in [1.82, 2.24) is 0 Å². The van der Waals surface area contributed by atoms with Gasteiger partial charge in [0.15, 0.2) is 0 Å². The molecule has 0 heterocycles. The molecule has 0 aliphatic carbocycles. The SMILES string of the molecule is COc1cc(CC(C)=O)c(Cl)cc1Cl. The van der Waals surface area contributed by atoms with Crippen molar-refractivity contribution >= 4 is 29.0 Å². The van der Waals surface area contributed by atoms with Gasteiger partial charge < -0.3 is 4.74 Å². The number of ketones is 1. The van der Waals surface area contributed by atoms with Crippen molar-refractivity contribution in [2.75, 3.05) is 7.11 Å². The fraction of sp³-hybridized carbons (Fsp3) is 0.300. The molecule has 0 aliphatic rings. The van der Waals surface area contributed by atoms with Crippen LogP contribution in [0.5, 0.6) is 5.75 Å². The van der Waals surface area contributed by atoms with Crippen molar-refractivity contribution in [2.24, 2.45) is 0 Å². The molecule has 0 amide bonds. The highest BCUT2D eigenvalue weighted by molar-refractivity contribution is 6.36. The molecule has 0 saturated carbocycles. The molecule has 0 radical (unpaired) electrons. The number of carbonyl (C=O) groups excluding carboxylic acids is 1. The zero-order valence-corrected chi connectivity index (χ0v) is 9.45. The van der Waals surface area contributed by atoms with E-state index in [1.54, 1.807) is 12.1 Å². The quantitative estimate of drug-likeness (QED) is 0.801. The first kappa shape index (κ1) is 11.3. The number of halogens is 2. The molecule has 0 bridgehead atoms. The first-order chi connectivity index (χ1) is 6.54. The Bertz CT molecular complexity index is 361. The molecule has 2 nitrogen and oxygen atoms in total. The number of rotatable bonds is 3. The zero-order valence-electron chi connectivity index (χ0n) is 7.93. The minimum Gasteiger partial charge on any atom is -0.495 e. The number of Topliss-reactive ketones (excluding diaryl/α,β-unsaturated/α-hetero) is 1. The van der Waals surface area contributed by atoms with Crippen molar-refractivity contribution in [3.05, 3.63) is 27.7 Å². The third-order valence-corrected chi connectivity index (χ3v) is 2.41. The summed E-state index contributed by atoms with van der Waals surface area (Å²) in [5.74, 6) is 0.587. The second kappa shape index (κ2) is 4.67. The smallest absolute Gasteiger partial charge is 0.137 e. The monoisotopic (exact) mass is 232 g/mol. The normalized spacial score (nSPS) is 10.0. The highest BCUT2D eigenvalue weighted by Gasteiger charge is 2.09. The Morgan fingerprint density at radius 3 is 2.50 bits per heavy atom. The maximum atomic E-state index is 10.9. The summed E-state index contributed by atoms with van der Waals surface area (Å²) in [6.45, 7) is 1.51. The number of benzene rings is 1. The predicted octanol–water partition coefficient (Wildman–Crippen LogP) is 3.13. The van der Waals surface area contributed by atoms with E-state index < -0.39 is 0 Å². The molecular weight excluding hydrogens is 223 g/mol. The lowest BCUT2D eigenvalue weighted by Gasteiger charge is -2.07. The van der Waals surface area contributed by atoms with Crippen LogP contribution in [0.4, 0.5) is 0 Å². The molecule has 0 aliphatic heterocycles. The van der Waals surface area contributed by atoms with Crippen LogP contribution < -0.4 is 4.74 Å². The summed E-state index contributed by atoms with van der Waals surface area (Å²) in [6.07, 6.45) is 0.298. The molecule has 0 atom stereocenters. The summed E-state index contributed by atoms with van der Waals surface area (Å²) in [6, 6.07) is 3.27. The van der Waals surface area contributed by atoms with E-state index in [0.717, 1.165) is 5.56 Å². The lowest BCUT2D eigenvalue weighted by atomic mass is 10.1. The standard InChI is InChI=1S/C10H10Cl2O2/c1-6(13)3-7-4-10(14-2)9(12)5-8(7)11/h4-5H,3H2,1-2H3. The van der Waals surface area contributed by atoms with Gasteiger partial charge >= 0.3 is 0 Å². The van der Waals surface area contributed by atoms with E-state index in [4.69, 9.17) is 27.9 Å². The third kappa shape index (κ3) is 2.63. The Balaban J connectivity index is 3.10. The molecule has 4 heteroatoms. The predicted molar refractivity (Wildman–Crippen MR) is 57.4 cm³/mol. The van der Waals surface area contributed by atoms with Gasteiger partial charge in [-0.3, -0.25) is 4.79 Å². The number of carbonyl (C=O) groups is 1. The van der Waals surface area contributed by atoms with Crippen LogP contribution in [-0.4, -0.2) is 12.9 Å². The van der Waals surface area contributed by atoms with E-state index >= 15 is 0 Å². The van der Waals surface area contributed by atoms with E-state index in [1.807, 2.05) is 0 Å². The average molecular weight is 233 g/mol. The van der Waals surface area contributed by atoms with Gasteiger partial charge in [-0.15, -0.1) is 0 Å². The minimum absolute atomic E-state index is 0.0521. The van der Waals surface area contributed by atoms with Crippen LogP contribution in [0.2, 0.25) is 10.0 Å². The van der Waals surface area contributed by atoms with Gasteiger partial charge in [0.1, 0.15) is 11.5 Å². The summed E-state index contributed by atoms with van der Waals surface area (Å²) in [4.78, 5) is 10.9. The van der Waals surface area contributed by atoms with Gasteiger partial charge in [-0.2, -0.15) is 0 Å². The molecule has 0 unspecified atom stereocenters. The topological polar surface area (TPSA) is 26.3 Å². The Hall–Kier alpha value is -0.730. The molecule has 1 aromatic carbocycles. The average Bonchev–Trinajstić information content (AvgIpc) is 2.09. The molecule has 0 spiro atoms. The van der Waals surface area contributed by atoms with E-state index in [0.29, 0.717) is 22.2 Å². The first-order valence-electron chi connectivity index (χ1n) is 4.06. The number of methoxy groups -OCH3 is 1. The summed E-state index contributed by atoms with van der Waals surface area (Å²) >= 11 is 11.8. The number of ether oxygens (including phenoxy) is 1. The summed E-state index contributed by atoms with van der Waals surface area (Å²) in [7, 11) is 1.52. The fourth-order valence-corrected chi connectivity index (χ4v) is 1.66. The van der Waals surface area contributed by atoms with Crippen LogP contribution in [0.15, 0.2) is 12.1 Å². The molecular formula is C10H10Cl2O2. The van der Waals surface area contributed by atoms with Crippen LogP contribution in [0.25, 0.3) is 0 Å². The van der Waals surface area contributed by atoms with Crippen molar-refractivity contribution in [2.45, 2.75) is 13.3 Å². The first-order valence-corrected chi connectivity index (χ1v) is 4.81. The lowest BCUT2D eigenvalue weighted by molar-refractivity contribution is -0.116. The van der Waals surface area contributed by atoms with Gasteiger partial charge in [0.25, 0.3) is 0 Å². The van der Waals surface area contributed by atoms with E-state index in [2.05, 4.69) is 0 Å². The van der Waals surface area contributed by atoms with Crippen LogP contribution in [0.1, 0.15) is 12.5 Å². The molecule has 0 aromatic heterocycles. The molecule has 1 rings (SSSR count).